The number of nitrogens with zero attached hydrogens (tertiary/aromatic N) is 4. The quantitative estimate of drug-likeness (QED) is 0.529. The Morgan fingerprint density at radius 2 is 2.00 bits per heavy atom. The fraction of sp³-hybridized carbons (Fsp3) is 0.176. The van der Waals surface area contributed by atoms with Gasteiger partial charge in [0.25, 0.3) is 0 Å². The highest BCUT2D eigenvalue weighted by Gasteiger charge is 2.05. The first kappa shape index (κ1) is 16.2. The van der Waals surface area contributed by atoms with Crippen molar-refractivity contribution in [3.63, 3.8) is 0 Å². The molecule has 0 spiro atoms. The fourth-order valence-electron chi connectivity index (χ4n) is 2.17. The smallest absolute Gasteiger partial charge is 0.224 e. The topological polar surface area (TPSA) is 72.7 Å². The third-order valence-corrected chi connectivity index (χ3v) is 4.40. The second-order valence-electron chi connectivity index (χ2n) is 5.12. The Morgan fingerprint density at radius 3 is 2.79 bits per heavy atom. The molecular weight excluding hydrogens is 322 g/mol. The maximum Gasteiger partial charge on any atom is 0.224 e. The lowest BCUT2D eigenvalue weighted by molar-refractivity contribution is -0.116. The normalized spacial score (nSPS) is 10.5. The number of hydrogen-bond donors (Lipinski definition) is 1. The van der Waals surface area contributed by atoms with E-state index in [1.807, 2.05) is 42.5 Å². The number of carbonyl (C=O) groups excluding carboxylic acids is 1. The molecule has 0 unspecified atom stereocenters. The number of nitrogens with one attached hydrogen (secondary N) is 1. The molecule has 0 atom stereocenters. The van der Waals surface area contributed by atoms with E-state index in [1.54, 1.807) is 16.4 Å². The monoisotopic (exact) mass is 339 g/mol. The van der Waals surface area contributed by atoms with Crippen LogP contribution in [0.4, 0.5) is 5.69 Å². The number of carbonyl (C=O) groups is 1. The summed E-state index contributed by atoms with van der Waals surface area (Å²) in [5.74, 6) is 0.930. The van der Waals surface area contributed by atoms with Crippen LogP contribution in [0.15, 0.2) is 65.8 Å². The lowest BCUT2D eigenvalue weighted by Crippen LogP contribution is -2.11. The molecule has 1 aromatic heterocycles. The number of hydrogen-bond acceptors (Lipinski definition) is 5. The van der Waals surface area contributed by atoms with Gasteiger partial charge in [0.05, 0.1) is 5.69 Å². The average Bonchev–Trinajstić information content (AvgIpc) is 3.15. The molecule has 1 N–H and O–H groups in total. The van der Waals surface area contributed by atoms with Gasteiger partial charge in [-0.1, -0.05) is 24.3 Å². The number of aromatic nitrogens is 4. The molecule has 7 heteroatoms. The van der Waals surface area contributed by atoms with E-state index < -0.39 is 0 Å². The zero-order valence-corrected chi connectivity index (χ0v) is 13.8. The zero-order chi connectivity index (χ0) is 16.6. The molecule has 1 heterocycles. The number of amides is 1. The van der Waals surface area contributed by atoms with Crippen molar-refractivity contribution in [2.45, 2.75) is 17.7 Å². The van der Waals surface area contributed by atoms with Gasteiger partial charge in [0.1, 0.15) is 6.33 Å². The molecule has 3 aromatic rings. The van der Waals surface area contributed by atoms with Gasteiger partial charge in [-0.2, -0.15) is 0 Å². The van der Waals surface area contributed by atoms with Crippen LogP contribution in [-0.2, 0) is 4.79 Å². The Labute approximate surface area is 144 Å². The van der Waals surface area contributed by atoms with Crippen molar-refractivity contribution >= 4 is 23.4 Å². The van der Waals surface area contributed by atoms with Crippen LogP contribution in [0.5, 0.6) is 0 Å². The maximum atomic E-state index is 12.1. The zero-order valence-electron chi connectivity index (χ0n) is 13.0. The third kappa shape index (κ3) is 4.66. The van der Waals surface area contributed by atoms with Gasteiger partial charge >= 0.3 is 0 Å². The summed E-state index contributed by atoms with van der Waals surface area (Å²) in [7, 11) is 0. The molecule has 6 nitrogen and oxygen atoms in total. The van der Waals surface area contributed by atoms with Gasteiger partial charge in [-0.05, 0) is 52.9 Å². The van der Waals surface area contributed by atoms with Crippen LogP contribution in [0.2, 0.25) is 0 Å². The summed E-state index contributed by atoms with van der Waals surface area (Å²) in [6.45, 7) is 0. The molecule has 0 saturated carbocycles. The molecule has 0 saturated heterocycles. The minimum absolute atomic E-state index is 0.0116. The molecule has 0 bridgehead atoms. The predicted molar refractivity (Wildman–Crippen MR) is 94.2 cm³/mol. The molecule has 122 valence electrons. The third-order valence-electron chi connectivity index (χ3n) is 3.30. The van der Waals surface area contributed by atoms with Crippen LogP contribution >= 0.6 is 11.8 Å². The summed E-state index contributed by atoms with van der Waals surface area (Å²) >= 11 is 1.76. The van der Waals surface area contributed by atoms with Crippen molar-refractivity contribution in [1.82, 2.24) is 20.2 Å². The van der Waals surface area contributed by atoms with Crippen LogP contribution < -0.4 is 5.32 Å². The Balaban J connectivity index is 1.46. The highest BCUT2D eigenvalue weighted by Crippen LogP contribution is 2.19. The largest absolute Gasteiger partial charge is 0.326 e. The summed E-state index contributed by atoms with van der Waals surface area (Å²) in [5, 5.41) is 14.0. The lowest BCUT2D eigenvalue weighted by atomic mass is 10.2. The molecule has 0 aliphatic rings. The predicted octanol–water partition coefficient (Wildman–Crippen LogP) is 3.17. The molecule has 0 radical (unpaired) electrons. The highest BCUT2D eigenvalue weighted by molar-refractivity contribution is 7.99. The first-order chi connectivity index (χ1) is 11.8. The maximum absolute atomic E-state index is 12.1. The second kappa shape index (κ2) is 8.26. The Bertz CT molecular complexity index is 777. The van der Waals surface area contributed by atoms with E-state index in [9.17, 15) is 4.79 Å². The van der Waals surface area contributed by atoms with Crippen molar-refractivity contribution < 1.29 is 4.79 Å². The van der Waals surface area contributed by atoms with Crippen LogP contribution in [-0.4, -0.2) is 31.9 Å². The van der Waals surface area contributed by atoms with E-state index in [4.69, 9.17) is 0 Å². The highest BCUT2D eigenvalue weighted by atomic mass is 32.2. The van der Waals surface area contributed by atoms with Crippen molar-refractivity contribution in [1.29, 1.82) is 0 Å². The standard InChI is InChI=1S/C17H17N5OS/c23-17(10-5-11-24-16-8-2-1-3-9-16)19-14-6-4-7-15(12-14)22-13-18-20-21-22/h1-4,6-9,12-13H,5,10-11H2,(H,19,23). The van der Waals surface area contributed by atoms with Gasteiger partial charge in [0, 0.05) is 17.0 Å². The average molecular weight is 339 g/mol. The van der Waals surface area contributed by atoms with E-state index in [2.05, 4.69) is 33.0 Å². The van der Waals surface area contributed by atoms with Crippen molar-refractivity contribution in [3.8, 4) is 5.69 Å². The second-order valence-corrected chi connectivity index (χ2v) is 6.29. The fourth-order valence-corrected chi connectivity index (χ4v) is 3.04. The van der Waals surface area contributed by atoms with Crippen molar-refractivity contribution in [3.05, 3.63) is 60.9 Å². The van der Waals surface area contributed by atoms with Crippen LogP contribution in [0.25, 0.3) is 5.69 Å². The lowest BCUT2D eigenvalue weighted by Gasteiger charge is -2.07. The SMILES string of the molecule is O=C(CCCSc1ccccc1)Nc1cccc(-n2cnnn2)c1. The number of benzene rings is 2. The summed E-state index contributed by atoms with van der Waals surface area (Å²) in [6.07, 6.45) is 2.84. The summed E-state index contributed by atoms with van der Waals surface area (Å²) in [4.78, 5) is 13.3. The van der Waals surface area contributed by atoms with Crippen LogP contribution in [0.1, 0.15) is 12.8 Å². The summed E-state index contributed by atoms with van der Waals surface area (Å²) in [5.41, 5.74) is 1.54. The van der Waals surface area contributed by atoms with E-state index in [0.717, 1.165) is 23.5 Å². The van der Waals surface area contributed by atoms with Crippen LogP contribution in [0.3, 0.4) is 0 Å². The van der Waals surface area contributed by atoms with E-state index >= 15 is 0 Å². The first-order valence-corrected chi connectivity index (χ1v) is 8.61. The molecular formula is C17H17N5OS. The minimum atomic E-state index is 0.0116. The van der Waals surface area contributed by atoms with Gasteiger partial charge in [-0.15, -0.1) is 16.9 Å². The number of anilines is 1. The first-order valence-electron chi connectivity index (χ1n) is 7.62. The van der Waals surface area contributed by atoms with E-state index in [1.165, 1.54) is 11.2 Å². The molecule has 2 aromatic carbocycles. The summed E-state index contributed by atoms with van der Waals surface area (Å²) in [6, 6.07) is 17.6. The number of rotatable bonds is 7. The molecule has 24 heavy (non-hydrogen) atoms. The minimum Gasteiger partial charge on any atom is -0.326 e. The molecule has 1 amide bonds. The van der Waals surface area contributed by atoms with Gasteiger partial charge in [-0.3, -0.25) is 4.79 Å². The van der Waals surface area contributed by atoms with E-state index in [0.29, 0.717) is 6.42 Å². The van der Waals surface area contributed by atoms with Gasteiger partial charge < -0.3 is 5.32 Å². The summed E-state index contributed by atoms with van der Waals surface area (Å²) < 4.78 is 1.55. The Morgan fingerprint density at radius 1 is 1.12 bits per heavy atom. The van der Waals surface area contributed by atoms with Gasteiger partial charge in [-0.25, -0.2) is 4.68 Å². The Kier molecular flexibility index (Phi) is 5.57. The van der Waals surface area contributed by atoms with E-state index in [-0.39, 0.29) is 5.91 Å². The Hall–Kier alpha value is -2.67. The van der Waals surface area contributed by atoms with Gasteiger partial charge in [0.2, 0.25) is 5.91 Å². The van der Waals surface area contributed by atoms with Crippen molar-refractivity contribution in [2.24, 2.45) is 0 Å². The number of thioether (sulfide) groups is 1. The molecule has 0 fully saturated rings. The van der Waals surface area contributed by atoms with Crippen LogP contribution in [0, 0.1) is 0 Å². The van der Waals surface area contributed by atoms with Crippen molar-refractivity contribution in [2.75, 3.05) is 11.1 Å². The molecule has 3 rings (SSSR count). The molecule has 0 aliphatic heterocycles. The number of tetrazole rings is 1. The molecule has 0 aliphatic carbocycles. The van der Waals surface area contributed by atoms with Gasteiger partial charge in [0.15, 0.2) is 0 Å².